The van der Waals surface area contributed by atoms with Gasteiger partial charge in [-0.25, -0.2) is 4.39 Å². The first-order valence-electron chi connectivity index (χ1n) is 7.34. The molecular weight excluding hydrogens is 372 g/mol. The van der Waals surface area contributed by atoms with Crippen LogP contribution in [0.25, 0.3) is 0 Å². The monoisotopic (exact) mass is 386 g/mol. The predicted octanol–water partition coefficient (Wildman–Crippen LogP) is 4.15. The number of rotatable bonds is 6. The van der Waals surface area contributed by atoms with Crippen molar-refractivity contribution in [2.24, 2.45) is 0 Å². The molecule has 0 aliphatic rings. The van der Waals surface area contributed by atoms with Crippen molar-refractivity contribution < 1.29 is 27.2 Å². The van der Waals surface area contributed by atoms with Crippen LogP contribution in [-0.2, 0) is 15.8 Å². The van der Waals surface area contributed by atoms with Gasteiger partial charge in [0.1, 0.15) is 5.82 Å². The lowest BCUT2D eigenvalue weighted by molar-refractivity contribution is -0.137. The molecule has 4 nitrogen and oxygen atoms in total. The van der Waals surface area contributed by atoms with Crippen LogP contribution in [0.2, 0.25) is 0 Å². The number of nitrogens with one attached hydrogen (secondary N) is 2. The van der Waals surface area contributed by atoms with Crippen LogP contribution in [0.3, 0.4) is 0 Å². The summed E-state index contributed by atoms with van der Waals surface area (Å²) in [6.45, 7) is 0. The van der Waals surface area contributed by atoms with E-state index in [0.29, 0.717) is 5.69 Å². The molecule has 9 heteroatoms. The van der Waals surface area contributed by atoms with Gasteiger partial charge in [-0.2, -0.15) is 13.2 Å². The molecule has 0 fully saturated rings. The number of amides is 2. The lowest BCUT2D eigenvalue weighted by atomic mass is 10.2. The maximum Gasteiger partial charge on any atom is 0.416 e. The summed E-state index contributed by atoms with van der Waals surface area (Å²) in [7, 11) is 0. The zero-order valence-electron chi connectivity index (χ0n) is 13.3. The molecule has 0 saturated carbocycles. The number of benzene rings is 2. The molecule has 0 saturated heterocycles. The standard InChI is InChI=1S/C17H14F4N2O2S/c18-12-3-7-14(8-4-12)23-16(25)10-26-9-15(24)22-13-5-1-11(2-6-13)17(19,20)21/h1-8H,9-10H2,(H,22,24)(H,23,25). The van der Waals surface area contributed by atoms with Gasteiger partial charge in [-0.3, -0.25) is 9.59 Å². The van der Waals surface area contributed by atoms with Gasteiger partial charge in [-0.05, 0) is 48.5 Å². The second-order valence-corrected chi connectivity index (χ2v) is 6.16. The van der Waals surface area contributed by atoms with Gasteiger partial charge in [0.15, 0.2) is 0 Å². The molecule has 0 spiro atoms. The maximum absolute atomic E-state index is 12.8. The number of hydrogen-bond acceptors (Lipinski definition) is 3. The van der Waals surface area contributed by atoms with E-state index in [1.54, 1.807) is 0 Å². The highest BCUT2D eigenvalue weighted by Crippen LogP contribution is 2.29. The zero-order chi connectivity index (χ0) is 19.2. The highest BCUT2D eigenvalue weighted by Gasteiger charge is 2.29. The third-order valence-electron chi connectivity index (χ3n) is 3.09. The molecule has 0 aliphatic heterocycles. The molecule has 2 rings (SSSR count). The number of carbonyl (C=O) groups is 2. The molecular formula is C17H14F4N2O2S. The topological polar surface area (TPSA) is 58.2 Å². The molecule has 2 N–H and O–H groups in total. The van der Waals surface area contributed by atoms with Crippen molar-refractivity contribution in [3.8, 4) is 0 Å². The first-order valence-corrected chi connectivity index (χ1v) is 8.50. The van der Waals surface area contributed by atoms with Gasteiger partial charge in [0.05, 0.1) is 17.1 Å². The Morgan fingerprint density at radius 3 is 1.65 bits per heavy atom. The molecule has 2 aromatic carbocycles. The molecule has 0 unspecified atom stereocenters. The zero-order valence-corrected chi connectivity index (χ0v) is 14.1. The summed E-state index contributed by atoms with van der Waals surface area (Å²) in [4.78, 5) is 23.4. The lowest BCUT2D eigenvalue weighted by Gasteiger charge is -2.09. The highest BCUT2D eigenvalue weighted by atomic mass is 32.2. The first-order chi connectivity index (χ1) is 12.2. The van der Waals surface area contributed by atoms with E-state index in [2.05, 4.69) is 10.6 Å². The minimum absolute atomic E-state index is 0.00217. The van der Waals surface area contributed by atoms with E-state index in [0.717, 1.165) is 36.0 Å². The largest absolute Gasteiger partial charge is 0.416 e. The SMILES string of the molecule is O=C(CSCC(=O)Nc1ccc(C(F)(F)F)cc1)Nc1ccc(F)cc1. The van der Waals surface area contributed by atoms with E-state index < -0.39 is 23.5 Å². The van der Waals surface area contributed by atoms with Crippen molar-refractivity contribution in [1.29, 1.82) is 0 Å². The minimum atomic E-state index is -4.43. The second-order valence-electron chi connectivity index (χ2n) is 5.17. The molecule has 0 bridgehead atoms. The van der Waals surface area contributed by atoms with Crippen molar-refractivity contribution in [3.63, 3.8) is 0 Å². The van der Waals surface area contributed by atoms with Gasteiger partial charge in [0.25, 0.3) is 0 Å². The third kappa shape index (κ3) is 6.40. The van der Waals surface area contributed by atoms with Crippen molar-refractivity contribution in [3.05, 3.63) is 59.9 Å². The summed E-state index contributed by atoms with van der Waals surface area (Å²) in [6, 6.07) is 9.31. The smallest absolute Gasteiger partial charge is 0.325 e. The van der Waals surface area contributed by atoms with Gasteiger partial charge in [-0.15, -0.1) is 11.8 Å². The lowest BCUT2D eigenvalue weighted by Crippen LogP contribution is -2.18. The minimum Gasteiger partial charge on any atom is -0.325 e. The van der Waals surface area contributed by atoms with Crippen LogP contribution in [0, 0.1) is 5.82 Å². The molecule has 0 atom stereocenters. The number of alkyl halides is 3. The Balaban J connectivity index is 1.73. The van der Waals surface area contributed by atoms with Gasteiger partial charge >= 0.3 is 6.18 Å². The quantitative estimate of drug-likeness (QED) is 0.733. The van der Waals surface area contributed by atoms with Gasteiger partial charge < -0.3 is 10.6 Å². The van der Waals surface area contributed by atoms with Gasteiger partial charge in [-0.1, -0.05) is 0 Å². The van der Waals surface area contributed by atoms with Gasteiger partial charge in [0, 0.05) is 11.4 Å². The Morgan fingerprint density at radius 2 is 1.23 bits per heavy atom. The maximum atomic E-state index is 12.8. The Bertz CT molecular complexity index is 762. The van der Waals surface area contributed by atoms with E-state index in [4.69, 9.17) is 0 Å². The number of carbonyl (C=O) groups excluding carboxylic acids is 2. The number of hydrogen-bond donors (Lipinski definition) is 2. The molecule has 138 valence electrons. The predicted molar refractivity (Wildman–Crippen MR) is 92.4 cm³/mol. The van der Waals surface area contributed by atoms with Crippen LogP contribution in [-0.4, -0.2) is 23.3 Å². The summed E-state index contributed by atoms with van der Waals surface area (Å²) in [5.41, 5.74) is -0.132. The van der Waals surface area contributed by atoms with Crippen LogP contribution in [0.4, 0.5) is 28.9 Å². The van der Waals surface area contributed by atoms with E-state index in [9.17, 15) is 27.2 Å². The van der Waals surface area contributed by atoms with Crippen LogP contribution in [0.15, 0.2) is 48.5 Å². The van der Waals surface area contributed by atoms with Gasteiger partial charge in [0.2, 0.25) is 11.8 Å². The molecule has 0 aliphatic carbocycles. The fourth-order valence-corrected chi connectivity index (χ4v) is 2.52. The molecule has 2 amide bonds. The average molecular weight is 386 g/mol. The van der Waals surface area contributed by atoms with E-state index in [1.807, 2.05) is 0 Å². The van der Waals surface area contributed by atoms with Crippen LogP contribution < -0.4 is 10.6 Å². The highest BCUT2D eigenvalue weighted by molar-refractivity contribution is 8.00. The Morgan fingerprint density at radius 1 is 0.808 bits per heavy atom. The third-order valence-corrected chi connectivity index (χ3v) is 4.02. The molecule has 0 radical (unpaired) electrons. The van der Waals surface area contributed by atoms with Crippen molar-refractivity contribution >= 4 is 35.0 Å². The summed E-state index contributed by atoms with van der Waals surface area (Å²) in [6.07, 6.45) is -4.43. The Labute approximate surface area is 151 Å². The van der Waals surface area contributed by atoms with Crippen molar-refractivity contribution in [2.45, 2.75) is 6.18 Å². The van der Waals surface area contributed by atoms with Crippen LogP contribution in [0.1, 0.15) is 5.56 Å². The first kappa shape index (κ1) is 19.8. The van der Waals surface area contributed by atoms with Crippen molar-refractivity contribution in [1.82, 2.24) is 0 Å². The summed E-state index contributed by atoms with van der Waals surface area (Å²) < 4.78 is 50.1. The Hall–Kier alpha value is -2.55. The summed E-state index contributed by atoms with van der Waals surface area (Å²) in [5, 5.41) is 5.00. The normalized spacial score (nSPS) is 11.1. The van der Waals surface area contributed by atoms with E-state index >= 15 is 0 Å². The summed E-state index contributed by atoms with van der Waals surface area (Å²) >= 11 is 1.04. The molecule has 0 heterocycles. The number of thioether (sulfide) groups is 1. The molecule has 0 aromatic heterocycles. The number of halogens is 4. The summed E-state index contributed by atoms with van der Waals surface area (Å²) in [5.74, 6) is -1.26. The fourth-order valence-electron chi connectivity index (χ4n) is 1.91. The van der Waals surface area contributed by atoms with E-state index in [1.165, 1.54) is 24.3 Å². The Kier molecular flexibility index (Phi) is 6.62. The fraction of sp³-hybridized carbons (Fsp3) is 0.176. The van der Waals surface area contributed by atoms with E-state index in [-0.39, 0.29) is 23.1 Å². The van der Waals surface area contributed by atoms with Crippen LogP contribution >= 0.6 is 11.8 Å². The molecule has 26 heavy (non-hydrogen) atoms. The number of anilines is 2. The molecule has 2 aromatic rings. The van der Waals surface area contributed by atoms with Crippen molar-refractivity contribution in [2.75, 3.05) is 22.1 Å². The van der Waals surface area contributed by atoms with Crippen LogP contribution in [0.5, 0.6) is 0 Å². The second kappa shape index (κ2) is 8.70. The average Bonchev–Trinajstić information content (AvgIpc) is 2.56.